The third-order valence-electron chi connectivity index (χ3n) is 14.6. The molecule has 3 atom stereocenters. The molecule has 0 aliphatic heterocycles. The third kappa shape index (κ3) is 62.9. The van der Waals surface area contributed by atoms with E-state index < -0.39 is 20.0 Å². The first-order valence-corrected chi connectivity index (χ1v) is 34.6. The molecule has 0 rings (SSSR count). The highest BCUT2D eigenvalue weighted by atomic mass is 31.2. The zero-order valence-corrected chi connectivity index (χ0v) is 53.2. The standard InChI is InChI=1S/C70H127N2O6P/c1-6-8-10-12-14-16-18-20-22-24-25-26-27-28-29-30-31-32-33-34-35-36-37-38-39-40-41-42-43-44-45-46-47-48-50-52-54-56-58-60-62-64-70(74)71-68(67-78-79(75,76)77-66-65-72(3,4)5)69(73)63-61-59-57-55-53-51-49-23-21-19-17-15-13-11-9-7-2/h8,10,14,16,20,22,25-26,28-29,31-32,34-35,61,63,68-69,73H,6-7,9,11-13,15,17-19,21,23-24,27,30,33,36-60,62,64-67H2,1-5H3,(H-,71,74,75,76)/p+1/b10-8-,16-14-,22-20-,26-25-,29-28-,32-31-,35-34-,63-61+. The van der Waals surface area contributed by atoms with Crippen LogP contribution in [0.25, 0.3) is 0 Å². The molecule has 0 aromatic carbocycles. The van der Waals surface area contributed by atoms with Crippen molar-refractivity contribution in [2.24, 2.45) is 0 Å². The summed E-state index contributed by atoms with van der Waals surface area (Å²) in [7, 11) is 1.58. The Morgan fingerprint density at radius 2 is 0.759 bits per heavy atom. The lowest BCUT2D eigenvalue weighted by molar-refractivity contribution is -0.870. The number of quaternary nitrogens is 1. The summed E-state index contributed by atoms with van der Waals surface area (Å²) in [5, 5.41) is 14.0. The van der Waals surface area contributed by atoms with Gasteiger partial charge >= 0.3 is 7.82 Å². The quantitative estimate of drug-likeness (QED) is 0.0243. The minimum atomic E-state index is -4.35. The number of nitrogens with one attached hydrogen (secondary N) is 1. The molecule has 79 heavy (non-hydrogen) atoms. The number of amides is 1. The van der Waals surface area contributed by atoms with Crippen LogP contribution in [0, 0.1) is 0 Å². The van der Waals surface area contributed by atoms with E-state index in [1.165, 1.54) is 186 Å². The van der Waals surface area contributed by atoms with Crippen molar-refractivity contribution in [2.45, 2.75) is 302 Å². The fourth-order valence-electron chi connectivity index (χ4n) is 9.44. The molecular formula is C70H128N2O6P+. The number of phosphoric ester groups is 1. The number of nitrogens with zero attached hydrogens (tertiary/aromatic N) is 1. The molecular weight excluding hydrogens is 996 g/mol. The molecule has 3 unspecified atom stereocenters. The van der Waals surface area contributed by atoms with Gasteiger partial charge in [-0.15, -0.1) is 0 Å². The average Bonchev–Trinajstić information content (AvgIpc) is 3.42. The summed E-state index contributed by atoms with van der Waals surface area (Å²) >= 11 is 0. The number of aliphatic hydroxyl groups is 1. The molecule has 9 heteroatoms. The normalized spacial score (nSPS) is 14.4. The molecule has 0 saturated carbocycles. The van der Waals surface area contributed by atoms with Crippen LogP contribution in [0.5, 0.6) is 0 Å². The molecule has 1 amide bonds. The summed E-state index contributed by atoms with van der Waals surface area (Å²) in [5.74, 6) is -0.175. The van der Waals surface area contributed by atoms with E-state index >= 15 is 0 Å². The molecule has 0 bridgehead atoms. The van der Waals surface area contributed by atoms with Gasteiger partial charge in [-0.25, -0.2) is 4.57 Å². The van der Waals surface area contributed by atoms with Gasteiger partial charge in [0.05, 0.1) is 39.9 Å². The summed E-state index contributed by atoms with van der Waals surface area (Å²) in [5.41, 5.74) is 0. The molecule has 3 N–H and O–H groups in total. The highest BCUT2D eigenvalue weighted by molar-refractivity contribution is 7.47. The van der Waals surface area contributed by atoms with Crippen molar-refractivity contribution in [3.63, 3.8) is 0 Å². The third-order valence-corrected chi connectivity index (χ3v) is 15.5. The van der Waals surface area contributed by atoms with E-state index in [0.29, 0.717) is 17.4 Å². The van der Waals surface area contributed by atoms with Crippen LogP contribution in [-0.2, 0) is 18.4 Å². The highest BCUT2D eigenvalue weighted by Crippen LogP contribution is 2.43. The first kappa shape index (κ1) is 76.4. The van der Waals surface area contributed by atoms with Gasteiger partial charge in [0.25, 0.3) is 0 Å². The van der Waals surface area contributed by atoms with E-state index in [0.717, 1.165) is 83.5 Å². The van der Waals surface area contributed by atoms with Crippen LogP contribution in [0.15, 0.2) is 97.2 Å². The van der Waals surface area contributed by atoms with Gasteiger partial charge in [0.15, 0.2) is 0 Å². The fourth-order valence-corrected chi connectivity index (χ4v) is 10.2. The van der Waals surface area contributed by atoms with Gasteiger partial charge in [0, 0.05) is 6.42 Å². The molecule has 0 spiro atoms. The molecule has 0 aliphatic rings. The zero-order chi connectivity index (χ0) is 57.7. The second-order valence-corrected chi connectivity index (χ2v) is 24.9. The van der Waals surface area contributed by atoms with Gasteiger partial charge < -0.3 is 19.8 Å². The van der Waals surface area contributed by atoms with Gasteiger partial charge in [-0.2, -0.15) is 0 Å². The Balaban J connectivity index is 3.96. The smallest absolute Gasteiger partial charge is 0.387 e. The lowest BCUT2D eigenvalue weighted by Gasteiger charge is -2.25. The van der Waals surface area contributed by atoms with E-state index in [2.05, 4.69) is 104 Å². The summed E-state index contributed by atoms with van der Waals surface area (Å²) < 4.78 is 23.7. The highest BCUT2D eigenvalue weighted by Gasteiger charge is 2.28. The molecule has 0 saturated heterocycles. The minimum absolute atomic E-state index is 0.0604. The topological polar surface area (TPSA) is 105 Å². The summed E-state index contributed by atoms with van der Waals surface area (Å²) in [6.45, 7) is 4.72. The van der Waals surface area contributed by atoms with Crippen molar-refractivity contribution in [3.05, 3.63) is 97.2 Å². The van der Waals surface area contributed by atoms with Gasteiger partial charge in [-0.1, -0.05) is 304 Å². The number of phosphoric acid groups is 1. The van der Waals surface area contributed by atoms with E-state index in [4.69, 9.17) is 9.05 Å². The maximum Gasteiger partial charge on any atom is 0.472 e. The van der Waals surface area contributed by atoms with Crippen LogP contribution in [0.3, 0.4) is 0 Å². The molecule has 0 aliphatic carbocycles. The number of likely N-dealkylation sites (N-methyl/N-ethyl adjacent to an activating group) is 1. The molecule has 8 nitrogen and oxygen atoms in total. The number of hydrogen-bond acceptors (Lipinski definition) is 5. The maximum absolute atomic E-state index is 13.0. The van der Waals surface area contributed by atoms with Crippen LogP contribution in [-0.4, -0.2) is 73.4 Å². The number of carbonyl (C=O) groups is 1. The second-order valence-electron chi connectivity index (χ2n) is 23.5. The first-order valence-electron chi connectivity index (χ1n) is 33.1. The first-order chi connectivity index (χ1) is 38.5. The molecule has 0 fully saturated rings. The van der Waals surface area contributed by atoms with Crippen molar-refractivity contribution in [1.29, 1.82) is 0 Å². The van der Waals surface area contributed by atoms with Crippen molar-refractivity contribution >= 4 is 13.7 Å². The van der Waals surface area contributed by atoms with Gasteiger partial charge in [-0.3, -0.25) is 13.8 Å². The van der Waals surface area contributed by atoms with Crippen molar-refractivity contribution < 1.29 is 32.9 Å². The lowest BCUT2D eigenvalue weighted by Crippen LogP contribution is -2.45. The van der Waals surface area contributed by atoms with Crippen LogP contribution in [0.1, 0.15) is 290 Å². The van der Waals surface area contributed by atoms with Gasteiger partial charge in [0.2, 0.25) is 5.91 Å². The Kier molecular flexibility index (Phi) is 58.1. The SMILES string of the molecule is CC/C=C\C/C=C\C/C=C\C/C=C\C/C=C\C/C=C\C/C=C\CCCCCCCCCCCCCCCCCCCCCC(=O)NC(COP(=O)(O)OCC[N+](C)(C)C)C(O)/C=C/CCCCCCCCCCCCCCCC. The number of carbonyl (C=O) groups excluding carboxylic acids is 1. The van der Waals surface area contributed by atoms with E-state index in [1.807, 2.05) is 27.2 Å². The molecule has 0 radical (unpaired) electrons. The van der Waals surface area contributed by atoms with Crippen LogP contribution >= 0.6 is 7.82 Å². The maximum atomic E-state index is 13.0. The Bertz CT molecular complexity index is 1610. The van der Waals surface area contributed by atoms with E-state index in [1.54, 1.807) is 6.08 Å². The Hall–Kier alpha value is -2.58. The monoisotopic (exact) mass is 1120 g/mol. The Morgan fingerprint density at radius 3 is 1.11 bits per heavy atom. The van der Waals surface area contributed by atoms with Gasteiger partial charge in [-0.05, 0) is 77.0 Å². The predicted molar refractivity (Wildman–Crippen MR) is 346 cm³/mol. The van der Waals surface area contributed by atoms with Crippen LogP contribution < -0.4 is 5.32 Å². The molecule has 0 aromatic heterocycles. The number of allylic oxidation sites excluding steroid dienone is 15. The largest absolute Gasteiger partial charge is 0.472 e. The Morgan fingerprint density at radius 1 is 0.443 bits per heavy atom. The molecule has 0 aromatic rings. The van der Waals surface area contributed by atoms with Crippen LogP contribution in [0.4, 0.5) is 0 Å². The number of unbranched alkanes of at least 4 members (excludes halogenated alkanes) is 33. The zero-order valence-electron chi connectivity index (χ0n) is 52.3. The molecule has 458 valence electrons. The van der Waals surface area contributed by atoms with Crippen LogP contribution in [0.2, 0.25) is 0 Å². The fraction of sp³-hybridized carbons (Fsp3) is 0.757. The van der Waals surface area contributed by atoms with E-state index in [9.17, 15) is 19.4 Å². The van der Waals surface area contributed by atoms with Crippen molar-refractivity contribution in [2.75, 3.05) is 40.9 Å². The second kappa shape index (κ2) is 60.0. The number of aliphatic hydroxyl groups excluding tert-OH is 1. The van der Waals surface area contributed by atoms with Crippen molar-refractivity contribution in [3.8, 4) is 0 Å². The molecule has 0 heterocycles. The van der Waals surface area contributed by atoms with E-state index in [-0.39, 0.29) is 19.1 Å². The Labute approximate surface area is 489 Å². The number of rotatable bonds is 60. The predicted octanol–water partition coefficient (Wildman–Crippen LogP) is 20.9. The lowest BCUT2D eigenvalue weighted by atomic mass is 10.0. The van der Waals surface area contributed by atoms with Gasteiger partial charge in [0.1, 0.15) is 13.2 Å². The minimum Gasteiger partial charge on any atom is -0.387 e. The summed E-state index contributed by atoms with van der Waals surface area (Å²) in [6, 6.07) is -0.849. The summed E-state index contributed by atoms with van der Waals surface area (Å²) in [6.07, 6.45) is 86.8. The number of hydrogen-bond donors (Lipinski definition) is 3. The average molecular weight is 1120 g/mol. The van der Waals surface area contributed by atoms with Crippen molar-refractivity contribution in [1.82, 2.24) is 5.32 Å². The summed E-state index contributed by atoms with van der Waals surface area (Å²) in [4.78, 5) is 23.3.